The largest absolute Gasteiger partial charge is 0.306 e. The molecule has 1 unspecified atom stereocenters. The Balaban J connectivity index is 2.01. The summed E-state index contributed by atoms with van der Waals surface area (Å²) < 4.78 is 0. The number of rotatable bonds is 6. The van der Waals surface area contributed by atoms with Crippen molar-refractivity contribution in [2.45, 2.75) is 32.9 Å². The van der Waals surface area contributed by atoms with E-state index in [1.54, 1.807) is 11.3 Å². The molecule has 1 aromatic carbocycles. The fourth-order valence-electron chi connectivity index (χ4n) is 2.13. The zero-order valence-corrected chi connectivity index (χ0v) is 11.9. The molecular weight excluding hydrogens is 238 g/mol. The number of benzene rings is 1. The second kappa shape index (κ2) is 6.72. The molecule has 0 aliphatic rings. The van der Waals surface area contributed by atoms with Gasteiger partial charge in [-0.05, 0) is 40.3 Å². The van der Waals surface area contributed by atoms with E-state index in [4.69, 9.17) is 0 Å². The SMILES string of the molecule is CC(C)CC(NCc1ccsc1)c1ccccc1. The van der Waals surface area contributed by atoms with E-state index in [1.165, 1.54) is 17.5 Å². The van der Waals surface area contributed by atoms with Crippen molar-refractivity contribution >= 4 is 11.3 Å². The minimum absolute atomic E-state index is 0.450. The smallest absolute Gasteiger partial charge is 0.0325 e. The summed E-state index contributed by atoms with van der Waals surface area (Å²) in [6.07, 6.45) is 1.17. The zero-order chi connectivity index (χ0) is 12.8. The third kappa shape index (κ3) is 3.97. The van der Waals surface area contributed by atoms with Crippen LogP contribution >= 0.6 is 11.3 Å². The van der Waals surface area contributed by atoms with Crippen molar-refractivity contribution in [3.8, 4) is 0 Å². The number of thiophene rings is 1. The van der Waals surface area contributed by atoms with Crippen molar-refractivity contribution in [2.75, 3.05) is 0 Å². The van der Waals surface area contributed by atoms with Crippen molar-refractivity contribution in [1.29, 1.82) is 0 Å². The first-order valence-corrected chi connectivity index (χ1v) is 7.49. The van der Waals surface area contributed by atoms with Gasteiger partial charge in [-0.3, -0.25) is 0 Å². The van der Waals surface area contributed by atoms with Crippen LogP contribution in [0.1, 0.15) is 37.4 Å². The van der Waals surface area contributed by atoms with Crippen molar-refractivity contribution in [3.63, 3.8) is 0 Å². The topological polar surface area (TPSA) is 12.0 Å². The average molecular weight is 259 g/mol. The van der Waals surface area contributed by atoms with Crippen molar-refractivity contribution < 1.29 is 0 Å². The van der Waals surface area contributed by atoms with Crippen LogP contribution in [0, 0.1) is 5.92 Å². The first-order chi connectivity index (χ1) is 8.75. The third-order valence-electron chi connectivity index (χ3n) is 3.04. The number of hydrogen-bond donors (Lipinski definition) is 1. The van der Waals surface area contributed by atoms with Crippen LogP contribution in [0.4, 0.5) is 0 Å². The van der Waals surface area contributed by atoms with E-state index in [1.807, 2.05) is 0 Å². The molecule has 18 heavy (non-hydrogen) atoms. The second-order valence-corrected chi connectivity index (χ2v) is 5.89. The van der Waals surface area contributed by atoms with Gasteiger partial charge in [-0.25, -0.2) is 0 Å². The summed E-state index contributed by atoms with van der Waals surface area (Å²) in [6, 6.07) is 13.4. The Bertz CT molecular complexity index is 433. The molecule has 0 aliphatic heterocycles. The lowest BCUT2D eigenvalue weighted by molar-refractivity contribution is 0.429. The Morgan fingerprint density at radius 1 is 1.11 bits per heavy atom. The molecule has 96 valence electrons. The van der Waals surface area contributed by atoms with E-state index in [-0.39, 0.29) is 0 Å². The lowest BCUT2D eigenvalue weighted by atomic mass is 9.97. The number of hydrogen-bond acceptors (Lipinski definition) is 2. The number of nitrogens with one attached hydrogen (secondary N) is 1. The summed E-state index contributed by atoms with van der Waals surface area (Å²) >= 11 is 1.76. The maximum atomic E-state index is 3.68. The molecule has 2 heteroatoms. The standard InChI is InChI=1S/C16H21NS/c1-13(2)10-16(15-6-4-3-5-7-15)17-11-14-8-9-18-12-14/h3-9,12-13,16-17H,10-11H2,1-2H3. The van der Waals surface area contributed by atoms with E-state index in [0.29, 0.717) is 12.0 Å². The summed E-state index contributed by atoms with van der Waals surface area (Å²) in [5.41, 5.74) is 2.77. The predicted molar refractivity (Wildman–Crippen MR) is 79.8 cm³/mol. The average Bonchev–Trinajstić information content (AvgIpc) is 2.88. The van der Waals surface area contributed by atoms with Crippen LogP contribution in [0.2, 0.25) is 0 Å². The minimum Gasteiger partial charge on any atom is -0.306 e. The maximum Gasteiger partial charge on any atom is 0.0325 e. The fraction of sp³-hybridized carbons (Fsp3) is 0.375. The van der Waals surface area contributed by atoms with Gasteiger partial charge in [0.25, 0.3) is 0 Å². The summed E-state index contributed by atoms with van der Waals surface area (Å²) in [4.78, 5) is 0. The molecule has 2 aromatic rings. The molecule has 0 bridgehead atoms. The Hall–Kier alpha value is -1.12. The Kier molecular flexibility index (Phi) is 4.97. The quantitative estimate of drug-likeness (QED) is 0.798. The van der Waals surface area contributed by atoms with Crippen LogP contribution in [0.3, 0.4) is 0 Å². The molecule has 0 saturated carbocycles. The Morgan fingerprint density at radius 2 is 1.89 bits per heavy atom. The second-order valence-electron chi connectivity index (χ2n) is 5.11. The van der Waals surface area contributed by atoms with Crippen molar-refractivity contribution in [3.05, 3.63) is 58.3 Å². The van der Waals surface area contributed by atoms with Crippen LogP contribution in [0.5, 0.6) is 0 Å². The van der Waals surface area contributed by atoms with Gasteiger partial charge >= 0.3 is 0 Å². The highest BCUT2D eigenvalue weighted by Crippen LogP contribution is 2.21. The van der Waals surface area contributed by atoms with Gasteiger partial charge in [0, 0.05) is 12.6 Å². The van der Waals surface area contributed by atoms with Crippen LogP contribution in [-0.4, -0.2) is 0 Å². The summed E-state index contributed by atoms with van der Waals surface area (Å²) in [7, 11) is 0. The molecule has 0 amide bonds. The first-order valence-electron chi connectivity index (χ1n) is 6.55. The van der Waals surface area contributed by atoms with Gasteiger partial charge in [-0.1, -0.05) is 44.2 Å². The molecular formula is C16H21NS. The molecule has 1 nitrogen and oxygen atoms in total. The van der Waals surface area contributed by atoms with Crippen LogP contribution in [-0.2, 0) is 6.54 Å². The van der Waals surface area contributed by atoms with Gasteiger partial charge in [-0.15, -0.1) is 0 Å². The van der Waals surface area contributed by atoms with Gasteiger partial charge in [0.05, 0.1) is 0 Å². The predicted octanol–water partition coefficient (Wildman–Crippen LogP) is 4.63. The highest BCUT2D eigenvalue weighted by Gasteiger charge is 2.12. The van der Waals surface area contributed by atoms with Crippen LogP contribution in [0.15, 0.2) is 47.2 Å². The van der Waals surface area contributed by atoms with Crippen LogP contribution < -0.4 is 5.32 Å². The Labute approximate surface area is 114 Å². The molecule has 0 spiro atoms. The van der Waals surface area contributed by atoms with Gasteiger partial charge in [-0.2, -0.15) is 11.3 Å². The molecule has 0 fully saturated rings. The molecule has 0 saturated heterocycles. The summed E-state index contributed by atoms with van der Waals surface area (Å²) in [5, 5.41) is 8.03. The van der Waals surface area contributed by atoms with Crippen molar-refractivity contribution in [2.24, 2.45) is 5.92 Å². The van der Waals surface area contributed by atoms with Gasteiger partial charge in [0.1, 0.15) is 0 Å². The Morgan fingerprint density at radius 3 is 2.50 bits per heavy atom. The van der Waals surface area contributed by atoms with Crippen LogP contribution in [0.25, 0.3) is 0 Å². The molecule has 2 rings (SSSR count). The molecule has 1 heterocycles. The van der Waals surface area contributed by atoms with E-state index in [9.17, 15) is 0 Å². The van der Waals surface area contributed by atoms with Gasteiger partial charge < -0.3 is 5.32 Å². The van der Waals surface area contributed by atoms with Gasteiger partial charge in [0.15, 0.2) is 0 Å². The fourth-order valence-corrected chi connectivity index (χ4v) is 2.80. The zero-order valence-electron chi connectivity index (χ0n) is 11.1. The van der Waals surface area contributed by atoms with E-state index in [2.05, 4.69) is 66.3 Å². The van der Waals surface area contributed by atoms with Crippen molar-refractivity contribution in [1.82, 2.24) is 5.32 Å². The molecule has 0 aliphatic carbocycles. The molecule has 1 aromatic heterocycles. The summed E-state index contributed by atoms with van der Waals surface area (Å²) in [5.74, 6) is 0.699. The first kappa shape index (κ1) is 13.3. The molecule has 0 radical (unpaired) electrons. The minimum atomic E-state index is 0.450. The highest BCUT2D eigenvalue weighted by atomic mass is 32.1. The molecule has 1 atom stereocenters. The highest BCUT2D eigenvalue weighted by molar-refractivity contribution is 7.07. The third-order valence-corrected chi connectivity index (χ3v) is 3.77. The normalized spacial score (nSPS) is 12.8. The summed E-state index contributed by atoms with van der Waals surface area (Å²) in [6.45, 7) is 5.51. The maximum absolute atomic E-state index is 3.68. The van der Waals surface area contributed by atoms with E-state index in [0.717, 1.165) is 6.54 Å². The lowest BCUT2D eigenvalue weighted by Gasteiger charge is -2.21. The monoisotopic (exact) mass is 259 g/mol. The molecule has 1 N–H and O–H groups in total. The van der Waals surface area contributed by atoms with E-state index >= 15 is 0 Å². The van der Waals surface area contributed by atoms with Gasteiger partial charge in [0.2, 0.25) is 0 Å². The van der Waals surface area contributed by atoms with E-state index < -0.39 is 0 Å². The lowest BCUT2D eigenvalue weighted by Crippen LogP contribution is -2.22.